The zero-order valence-electron chi connectivity index (χ0n) is 12.1. The highest BCUT2D eigenvalue weighted by Gasteiger charge is 2.25. The standard InChI is InChI=1S/C14H21N3O4/c1-8-10(13(20)17-14(21)16-8)5-6-12(19)15-7-9-3-2-4-11(9)18/h9,11,18H,2-7H2,1H3,(H,15,19)(H2,16,17,20,21). The Morgan fingerprint density at radius 1 is 1.33 bits per heavy atom. The molecule has 0 radical (unpaired) electrons. The summed E-state index contributed by atoms with van der Waals surface area (Å²) in [5.74, 6) is -0.0220. The third kappa shape index (κ3) is 4.04. The van der Waals surface area contributed by atoms with Crippen molar-refractivity contribution in [3.05, 3.63) is 32.1 Å². The molecule has 7 nitrogen and oxygen atoms in total. The molecular formula is C14H21N3O4. The van der Waals surface area contributed by atoms with Crippen LogP contribution in [0.3, 0.4) is 0 Å². The average Bonchev–Trinajstić information content (AvgIpc) is 2.80. The Kier molecular flexibility index (Phi) is 4.95. The zero-order valence-corrected chi connectivity index (χ0v) is 12.1. The minimum atomic E-state index is -0.541. The van der Waals surface area contributed by atoms with Crippen molar-refractivity contribution >= 4 is 5.91 Å². The number of aryl methyl sites for hydroxylation is 1. The number of hydrogen-bond acceptors (Lipinski definition) is 4. The lowest BCUT2D eigenvalue weighted by molar-refractivity contribution is -0.121. The van der Waals surface area contributed by atoms with Gasteiger partial charge in [0.2, 0.25) is 5.91 Å². The molecule has 2 rings (SSSR count). The van der Waals surface area contributed by atoms with E-state index >= 15 is 0 Å². The minimum Gasteiger partial charge on any atom is -0.393 e. The minimum absolute atomic E-state index is 0.132. The van der Waals surface area contributed by atoms with Crippen molar-refractivity contribution < 1.29 is 9.90 Å². The summed E-state index contributed by atoms with van der Waals surface area (Å²) in [6, 6.07) is 0. The van der Waals surface area contributed by atoms with Gasteiger partial charge in [-0.15, -0.1) is 0 Å². The second-order valence-electron chi connectivity index (χ2n) is 5.57. The Bertz CT molecular complexity index is 619. The van der Waals surface area contributed by atoms with Crippen LogP contribution in [-0.4, -0.2) is 33.6 Å². The first-order valence-electron chi connectivity index (χ1n) is 7.24. The Morgan fingerprint density at radius 2 is 2.10 bits per heavy atom. The van der Waals surface area contributed by atoms with E-state index in [9.17, 15) is 19.5 Å². The van der Waals surface area contributed by atoms with Crippen LogP contribution in [-0.2, 0) is 11.2 Å². The molecule has 0 spiro atoms. The molecule has 1 saturated carbocycles. The molecule has 7 heteroatoms. The maximum absolute atomic E-state index is 11.8. The lowest BCUT2D eigenvalue weighted by Gasteiger charge is -2.15. The topological polar surface area (TPSA) is 115 Å². The largest absolute Gasteiger partial charge is 0.393 e. The van der Waals surface area contributed by atoms with Crippen LogP contribution < -0.4 is 16.6 Å². The van der Waals surface area contributed by atoms with E-state index in [-0.39, 0.29) is 30.8 Å². The van der Waals surface area contributed by atoms with Crippen LogP contribution in [0, 0.1) is 12.8 Å². The van der Waals surface area contributed by atoms with E-state index in [1.165, 1.54) is 0 Å². The lowest BCUT2D eigenvalue weighted by Crippen LogP contribution is -2.33. The molecule has 1 aliphatic carbocycles. The molecule has 1 heterocycles. The van der Waals surface area contributed by atoms with Crippen LogP contribution in [0.1, 0.15) is 36.9 Å². The molecule has 2 unspecified atom stereocenters. The highest BCUT2D eigenvalue weighted by atomic mass is 16.3. The molecule has 1 amide bonds. The number of rotatable bonds is 5. The highest BCUT2D eigenvalue weighted by molar-refractivity contribution is 5.76. The second kappa shape index (κ2) is 6.71. The predicted octanol–water partition coefficient (Wildman–Crippen LogP) is -0.419. The fraction of sp³-hybridized carbons (Fsp3) is 0.643. The summed E-state index contributed by atoms with van der Waals surface area (Å²) >= 11 is 0. The number of aromatic amines is 2. The van der Waals surface area contributed by atoms with Crippen LogP contribution in [0.15, 0.2) is 9.59 Å². The zero-order chi connectivity index (χ0) is 15.4. The second-order valence-corrected chi connectivity index (χ2v) is 5.57. The van der Waals surface area contributed by atoms with Gasteiger partial charge in [0.05, 0.1) is 6.10 Å². The lowest BCUT2D eigenvalue weighted by atomic mass is 10.1. The van der Waals surface area contributed by atoms with E-state index in [1.54, 1.807) is 6.92 Å². The predicted molar refractivity (Wildman–Crippen MR) is 77.1 cm³/mol. The smallest absolute Gasteiger partial charge is 0.325 e. The monoisotopic (exact) mass is 295 g/mol. The average molecular weight is 295 g/mol. The third-order valence-corrected chi connectivity index (χ3v) is 4.04. The Balaban J connectivity index is 1.84. The summed E-state index contributed by atoms with van der Waals surface area (Å²) in [6.07, 6.45) is 2.85. The van der Waals surface area contributed by atoms with Gasteiger partial charge in [-0.2, -0.15) is 0 Å². The van der Waals surface area contributed by atoms with Gasteiger partial charge in [0.15, 0.2) is 0 Å². The SMILES string of the molecule is Cc1[nH]c(=O)[nH]c(=O)c1CCC(=O)NCC1CCCC1O. The van der Waals surface area contributed by atoms with Crippen molar-refractivity contribution in [2.24, 2.45) is 5.92 Å². The van der Waals surface area contributed by atoms with Gasteiger partial charge in [-0.05, 0) is 26.2 Å². The van der Waals surface area contributed by atoms with E-state index in [0.717, 1.165) is 19.3 Å². The molecule has 1 fully saturated rings. The Morgan fingerprint density at radius 3 is 2.71 bits per heavy atom. The molecular weight excluding hydrogens is 274 g/mol. The number of nitrogens with one attached hydrogen (secondary N) is 3. The molecule has 116 valence electrons. The summed E-state index contributed by atoms with van der Waals surface area (Å²) in [5, 5.41) is 12.5. The first-order chi connectivity index (χ1) is 9.97. The molecule has 1 aromatic heterocycles. The van der Waals surface area contributed by atoms with Crippen LogP contribution in [0.5, 0.6) is 0 Å². The summed E-state index contributed by atoms with van der Waals surface area (Å²) < 4.78 is 0. The fourth-order valence-electron chi connectivity index (χ4n) is 2.75. The summed E-state index contributed by atoms with van der Waals surface area (Å²) in [7, 11) is 0. The van der Waals surface area contributed by atoms with Gasteiger partial charge in [0, 0.05) is 30.1 Å². The van der Waals surface area contributed by atoms with Crippen molar-refractivity contribution in [1.82, 2.24) is 15.3 Å². The summed E-state index contributed by atoms with van der Waals surface area (Å²) in [5.41, 5.74) is -0.0791. The number of aliphatic hydroxyl groups excluding tert-OH is 1. The van der Waals surface area contributed by atoms with Gasteiger partial charge in [-0.1, -0.05) is 6.42 Å². The molecule has 0 saturated heterocycles. The van der Waals surface area contributed by atoms with Crippen molar-refractivity contribution in [2.75, 3.05) is 6.54 Å². The molecule has 0 bridgehead atoms. The third-order valence-electron chi connectivity index (χ3n) is 4.04. The molecule has 21 heavy (non-hydrogen) atoms. The van der Waals surface area contributed by atoms with E-state index < -0.39 is 11.2 Å². The molecule has 4 N–H and O–H groups in total. The van der Waals surface area contributed by atoms with E-state index in [4.69, 9.17) is 0 Å². The number of carbonyl (C=O) groups is 1. The van der Waals surface area contributed by atoms with Crippen molar-refractivity contribution in [2.45, 2.75) is 45.1 Å². The van der Waals surface area contributed by atoms with Crippen LogP contribution in [0.2, 0.25) is 0 Å². The molecule has 2 atom stereocenters. The highest BCUT2D eigenvalue weighted by Crippen LogP contribution is 2.24. The number of hydrogen-bond donors (Lipinski definition) is 4. The van der Waals surface area contributed by atoms with Crippen molar-refractivity contribution in [3.8, 4) is 0 Å². The number of aromatic nitrogens is 2. The van der Waals surface area contributed by atoms with Gasteiger partial charge in [0.1, 0.15) is 0 Å². The first kappa shape index (κ1) is 15.5. The molecule has 1 aliphatic rings. The van der Waals surface area contributed by atoms with Crippen molar-refractivity contribution in [1.29, 1.82) is 0 Å². The summed E-state index contributed by atoms with van der Waals surface area (Å²) in [4.78, 5) is 39.2. The van der Waals surface area contributed by atoms with E-state index in [1.807, 2.05) is 0 Å². The van der Waals surface area contributed by atoms with Crippen LogP contribution in [0.4, 0.5) is 0 Å². The number of H-pyrrole nitrogens is 2. The van der Waals surface area contributed by atoms with E-state index in [2.05, 4.69) is 15.3 Å². The van der Waals surface area contributed by atoms with E-state index in [0.29, 0.717) is 17.8 Å². The number of amides is 1. The van der Waals surface area contributed by atoms with Crippen LogP contribution >= 0.6 is 0 Å². The molecule has 0 aliphatic heterocycles. The molecule has 1 aromatic rings. The quantitative estimate of drug-likeness (QED) is 0.590. The maximum atomic E-state index is 11.8. The number of aliphatic hydroxyl groups is 1. The first-order valence-corrected chi connectivity index (χ1v) is 7.24. The molecule has 0 aromatic carbocycles. The van der Waals surface area contributed by atoms with Gasteiger partial charge in [0.25, 0.3) is 5.56 Å². The fourth-order valence-corrected chi connectivity index (χ4v) is 2.75. The van der Waals surface area contributed by atoms with Gasteiger partial charge < -0.3 is 15.4 Å². The van der Waals surface area contributed by atoms with Gasteiger partial charge in [-0.3, -0.25) is 14.6 Å². The summed E-state index contributed by atoms with van der Waals surface area (Å²) in [6.45, 7) is 2.11. The van der Waals surface area contributed by atoms with Gasteiger partial charge >= 0.3 is 5.69 Å². The Hall–Kier alpha value is -1.89. The Labute approximate surface area is 121 Å². The van der Waals surface area contributed by atoms with Crippen molar-refractivity contribution in [3.63, 3.8) is 0 Å². The number of carbonyl (C=O) groups excluding carboxylic acids is 1. The maximum Gasteiger partial charge on any atom is 0.325 e. The normalized spacial score (nSPS) is 21.4. The van der Waals surface area contributed by atoms with Gasteiger partial charge in [-0.25, -0.2) is 4.79 Å². The van der Waals surface area contributed by atoms with Crippen LogP contribution in [0.25, 0.3) is 0 Å².